The molecule has 0 saturated heterocycles. The van der Waals surface area contributed by atoms with Gasteiger partial charge in [0.05, 0.1) is 11.9 Å². The van der Waals surface area contributed by atoms with E-state index in [1.54, 1.807) is 0 Å². The first kappa shape index (κ1) is 15.1. The fourth-order valence-corrected chi connectivity index (χ4v) is 2.24. The molecule has 1 aromatic heterocycles. The SMILES string of the molecule is CC(C)CNCCCc1cnn(-c2cccc(Cl)c2)c1. The van der Waals surface area contributed by atoms with E-state index in [2.05, 4.69) is 30.5 Å². The number of aryl methyl sites for hydroxylation is 1. The summed E-state index contributed by atoms with van der Waals surface area (Å²) in [5.74, 6) is 0.709. The van der Waals surface area contributed by atoms with Crippen molar-refractivity contribution in [2.45, 2.75) is 26.7 Å². The summed E-state index contributed by atoms with van der Waals surface area (Å²) in [5.41, 5.74) is 2.26. The first-order valence-electron chi connectivity index (χ1n) is 7.15. The lowest BCUT2D eigenvalue weighted by Crippen LogP contribution is -2.20. The minimum atomic E-state index is 0.709. The third-order valence-corrected chi connectivity index (χ3v) is 3.32. The lowest BCUT2D eigenvalue weighted by Gasteiger charge is -2.06. The van der Waals surface area contributed by atoms with Crippen LogP contribution in [-0.4, -0.2) is 22.9 Å². The van der Waals surface area contributed by atoms with Crippen LogP contribution in [0.3, 0.4) is 0 Å². The highest BCUT2D eigenvalue weighted by Crippen LogP contribution is 2.15. The molecule has 4 heteroatoms. The van der Waals surface area contributed by atoms with E-state index in [1.807, 2.05) is 35.1 Å². The number of halogens is 1. The van der Waals surface area contributed by atoms with Gasteiger partial charge in [-0.3, -0.25) is 0 Å². The maximum atomic E-state index is 6.00. The van der Waals surface area contributed by atoms with Crippen LogP contribution in [0.5, 0.6) is 0 Å². The molecule has 0 amide bonds. The van der Waals surface area contributed by atoms with Gasteiger partial charge in [0, 0.05) is 11.2 Å². The second-order valence-electron chi connectivity index (χ2n) is 5.47. The highest BCUT2D eigenvalue weighted by atomic mass is 35.5. The van der Waals surface area contributed by atoms with Crippen LogP contribution in [0, 0.1) is 5.92 Å². The number of rotatable bonds is 7. The fraction of sp³-hybridized carbons (Fsp3) is 0.438. The maximum absolute atomic E-state index is 6.00. The van der Waals surface area contributed by atoms with Crippen molar-refractivity contribution in [1.82, 2.24) is 15.1 Å². The second-order valence-corrected chi connectivity index (χ2v) is 5.91. The predicted molar refractivity (Wildman–Crippen MR) is 84.6 cm³/mol. The number of hydrogen-bond acceptors (Lipinski definition) is 2. The Morgan fingerprint density at radius 3 is 2.95 bits per heavy atom. The molecule has 1 aromatic carbocycles. The van der Waals surface area contributed by atoms with Crippen LogP contribution in [0.15, 0.2) is 36.7 Å². The number of nitrogens with one attached hydrogen (secondary N) is 1. The van der Waals surface area contributed by atoms with E-state index in [4.69, 9.17) is 11.6 Å². The lowest BCUT2D eigenvalue weighted by molar-refractivity contribution is 0.543. The summed E-state index contributed by atoms with van der Waals surface area (Å²) >= 11 is 6.00. The Morgan fingerprint density at radius 2 is 2.20 bits per heavy atom. The van der Waals surface area contributed by atoms with Crippen LogP contribution in [-0.2, 0) is 6.42 Å². The molecule has 1 N–H and O–H groups in total. The van der Waals surface area contributed by atoms with Crippen LogP contribution in [0.1, 0.15) is 25.8 Å². The van der Waals surface area contributed by atoms with E-state index in [0.29, 0.717) is 5.92 Å². The van der Waals surface area contributed by atoms with Gasteiger partial charge in [0.2, 0.25) is 0 Å². The van der Waals surface area contributed by atoms with Crippen molar-refractivity contribution in [2.75, 3.05) is 13.1 Å². The van der Waals surface area contributed by atoms with Crippen molar-refractivity contribution >= 4 is 11.6 Å². The van der Waals surface area contributed by atoms with Crippen molar-refractivity contribution in [3.63, 3.8) is 0 Å². The molecule has 0 saturated carbocycles. The van der Waals surface area contributed by atoms with Crippen molar-refractivity contribution in [2.24, 2.45) is 5.92 Å². The van der Waals surface area contributed by atoms with Gasteiger partial charge in [-0.15, -0.1) is 0 Å². The molecule has 1 heterocycles. The summed E-state index contributed by atoms with van der Waals surface area (Å²) in [4.78, 5) is 0. The Kier molecular flexibility index (Phi) is 5.62. The van der Waals surface area contributed by atoms with Crippen molar-refractivity contribution < 1.29 is 0 Å². The fourth-order valence-electron chi connectivity index (χ4n) is 2.06. The van der Waals surface area contributed by atoms with Crippen molar-refractivity contribution in [3.05, 3.63) is 47.2 Å². The van der Waals surface area contributed by atoms with Crippen LogP contribution < -0.4 is 5.32 Å². The molecular weight excluding hydrogens is 270 g/mol. The van der Waals surface area contributed by atoms with E-state index in [0.717, 1.165) is 36.6 Å². The average molecular weight is 292 g/mol. The molecule has 0 radical (unpaired) electrons. The molecule has 2 aromatic rings. The molecule has 0 aliphatic carbocycles. The van der Waals surface area contributed by atoms with Crippen molar-refractivity contribution in [1.29, 1.82) is 0 Å². The Morgan fingerprint density at radius 1 is 1.35 bits per heavy atom. The lowest BCUT2D eigenvalue weighted by atomic mass is 10.2. The zero-order chi connectivity index (χ0) is 14.4. The quantitative estimate of drug-likeness (QED) is 0.788. The minimum Gasteiger partial charge on any atom is -0.316 e. The predicted octanol–water partition coefficient (Wildman–Crippen LogP) is 3.70. The molecule has 0 aliphatic rings. The van der Waals surface area contributed by atoms with Gasteiger partial charge in [0.15, 0.2) is 0 Å². The second kappa shape index (κ2) is 7.46. The molecule has 20 heavy (non-hydrogen) atoms. The molecular formula is C16H22ClN3. The van der Waals surface area contributed by atoms with Gasteiger partial charge in [-0.05, 0) is 55.6 Å². The van der Waals surface area contributed by atoms with Crippen LogP contribution in [0.2, 0.25) is 5.02 Å². The Bertz CT molecular complexity index is 534. The number of aromatic nitrogens is 2. The Labute approximate surface area is 126 Å². The number of hydrogen-bond donors (Lipinski definition) is 1. The van der Waals surface area contributed by atoms with E-state index in [1.165, 1.54) is 5.56 Å². The van der Waals surface area contributed by atoms with Gasteiger partial charge in [-0.2, -0.15) is 5.10 Å². The third kappa shape index (κ3) is 4.66. The zero-order valence-corrected chi connectivity index (χ0v) is 12.9. The summed E-state index contributed by atoms with van der Waals surface area (Å²) in [5, 5.41) is 8.58. The number of benzene rings is 1. The van der Waals surface area contributed by atoms with Crippen LogP contribution in [0.4, 0.5) is 0 Å². The van der Waals surface area contributed by atoms with Gasteiger partial charge in [0.25, 0.3) is 0 Å². The van der Waals surface area contributed by atoms with Crippen LogP contribution in [0.25, 0.3) is 5.69 Å². The van der Waals surface area contributed by atoms with Crippen LogP contribution >= 0.6 is 11.6 Å². The summed E-state index contributed by atoms with van der Waals surface area (Å²) < 4.78 is 1.88. The molecule has 0 bridgehead atoms. The topological polar surface area (TPSA) is 29.9 Å². The third-order valence-electron chi connectivity index (χ3n) is 3.08. The van der Waals surface area contributed by atoms with E-state index >= 15 is 0 Å². The van der Waals surface area contributed by atoms with Gasteiger partial charge in [-0.25, -0.2) is 4.68 Å². The Hall–Kier alpha value is -1.32. The first-order chi connectivity index (χ1) is 9.65. The molecule has 0 unspecified atom stereocenters. The smallest absolute Gasteiger partial charge is 0.0660 e. The molecule has 0 spiro atoms. The summed E-state index contributed by atoms with van der Waals surface area (Å²) in [6.07, 6.45) is 6.19. The molecule has 0 atom stereocenters. The zero-order valence-electron chi connectivity index (χ0n) is 12.1. The van der Waals surface area contributed by atoms with Gasteiger partial charge >= 0.3 is 0 Å². The van der Waals surface area contributed by atoms with Gasteiger partial charge in [-0.1, -0.05) is 31.5 Å². The van der Waals surface area contributed by atoms with Gasteiger partial charge in [0.1, 0.15) is 0 Å². The number of nitrogens with zero attached hydrogens (tertiary/aromatic N) is 2. The average Bonchev–Trinajstić information content (AvgIpc) is 2.87. The summed E-state index contributed by atoms with van der Waals surface area (Å²) in [7, 11) is 0. The largest absolute Gasteiger partial charge is 0.316 e. The van der Waals surface area contributed by atoms with Crippen molar-refractivity contribution in [3.8, 4) is 5.69 Å². The molecule has 2 rings (SSSR count). The normalized spacial score (nSPS) is 11.2. The van der Waals surface area contributed by atoms with E-state index in [9.17, 15) is 0 Å². The minimum absolute atomic E-state index is 0.709. The Balaban J connectivity index is 1.83. The standard InChI is InChI=1S/C16H22ClN3/c1-13(2)10-18-8-4-5-14-11-19-20(12-14)16-7-3-6-15(17)9-16/h3,6-7,9,11-13,18H,4-5,8,10H2,1-2H3. The van der Waals surface area contributed by atoms with Gasteiger partial charge < -0.3 is 5.32 Å². The maximum Gasteiger partial charge on any atom is 0.0660 e. The monoisotopic (exact) mass is 291 g/mol. The highest BCUT2D eigenvalue weighted by Gasteiger charge is 2.02. The molecule has 108 valence electrons. The summed E-state index contributed by atoms with van der Waals surface area (Å²) in [6.45, 7) is 6.59. The highest BCUT2D eigenvalue weighted by molar-refractivity contribution is 6.30. The first-order valence-corrected chi connectivity index (χ1v) is 7.53. The van der Waals surface area contributed by atoms with E-state index in [-0.39, 0.29) is 0 Å². The molecule has 0 fully saturated rings. The summed E-state index contributed by atoms with van der Waals surface area (Å²) in [6, 6.07) is 7.74. The van der Waals surface area contributed by atoms with E-state index < -0.39 is 0 Å². The molecule has 3 nitrogen and oxygen atoms in total. The molecule has 0 aliphatic heterocycles.